The lowest BCUT2D eigenvalue weighted by atomic mass is 10.1. The van der Waals surface area contributed by atoms with E-state index in [1.807, 2.05) is 0 Å². The molecule has 18 heavy (non-hydrogen) atoms. The summed E-state index contributed by atoms with van der Waals surface area (Å²) in [6, 6.07) is -0.740. The van der Waals surface area contributed by atoms with Gasteiger partial charge >= 0.3 is 5.97 Å². The highest BCUT2D eigenvalue weighted by atomic mass is 32.2. The Labute approximate surface area is 109 Å². The normalized spacial score (nSPS) is 21.8. The summed E-state index contributed by atoms with van der Waals surface area (Å²) >= 11 is 0. The fraction of sp³-hybridized carbons (Fsp3) is 0.909. The molecule has 1 heterocycles. The summed E-state index contributed by atoms with van der Waals surface area (Å²) in [4.78, 5) is 11.8. The van der Waals surface area contributed by atoms with Gasteiger partial charge in [-0.3, -0.25) is 4.79 Å². The number of nitrogens with zero attached hydrogens (tertiary/aromatic N) is 1. The molecule has 0 bridgehead atoms. The molecule has 106 valence electrons. The minimum absolute atomic E-state index is 0.299. The highest BCUT2D eigenvalue weighted by molar-refractivity contribution is 7.86. The number of hydrogen-bond donors (Lipinski definition) is 1. The van der Waals surface area contributed by atoms with Crippen molar-refractivity contribution in [3.63, 3.8) is 0 Å². The fourth-order valence-corrected chi connectivity index (χ4v) is 3.00. The van der Waals surface area contributed by atoms with Crippen LogP contribution in [0.2, 0.25) is 0 Å². The van der Waals surface area contributed by atoms with Gasteiger partial charge in [-0.25, -0.2) is 5.14 Å². The maximum absolute atomic E-state index is 11.8. The van der Waals surface area contributed by atoms with Crippen LogP contribution in [0.25, 0.3) is 0 Å². The van der Waals surface area contributed by atoms with Gasteiger partial charge in [-0.1, -0.05) is 19.8 Å². The molecule has 1 atom stereocenters. The van der Waals surface area contributed by atoms with Crippen LogP contribution in [0, 0.1) is 0 Å². The van der Waals surface area contributed by atoms with E-state index in [0.29, 0.717) is 19.6 Å². The predicted octanol–water partition coefficient (Wildman–Crippen LogP) is 0.778. The average Bonchev–Trinajstić information content (AvgIpc) is 2.33. The maximum Gasteiger partial charge on any atom is 0.324 e. The van der Waals surface area contributed by atoms with Gasteiger partial charge in [0.1, 0.15) is 6.04 Å². The summed E-state index contributed by atoms with van der Waals surface area (Å²) in [5.74, 6) is -0.472. The Morgan fingerprint density at radius 3 is 2.72 bits per heavy atom. The minimum atomic E-state index is -3.82. The second-order valence-electron chi connectivity index (χ2n) is 4.54. The van der Waals surface area contributed by atoms with Crippen LogP contribution in [0.1, 0.15) is 45.4 Å². The first kappa shape index (κ1) is 15.4. The van der Waals surface area contributed by atoms with Crippen LogP contribution in [0.4, 0.5) is 0 Å². The van der Waals surface area contributed by atoms with Crippen molar-refractivity contribution in [2.75, 3.05) is 13.2 Å². The number of nitrogens with two attached hydrogens (primary N) is 1. The van der Waals surface area contributed by atoms with E-state index in [2.05, 4.69) is 6.92 Å². The molecule has 0 aromatic heterocycles. The second-order valence-corrected chi connectivity index (χ2v) is 6.04. The van der Waals surface area contributed by atoms with Gasteiger partial charge in [-0.15, -0.1) is 0 Å². The molecule has 1 rings (SSSR count). The van der Waals surface area contributed by atoms with Crippen LogP contribution < -0.4 is 5.14 Å². The quantitative estimate of drug-likeness (QED) is 0.574. The van der Waals surface area contributed by atoms with Crippen molar-refractivity contribution < 1.29 is 17.9 Å². The van der Waals surface area contributed by atoms with Crippen LogP contribution in [-0.4, -0.2) is 37.9 Å². The Balaban J connectivity index is 2.53. The minimum Gasteiger partial charge on any atom is -0.464 e. The van der Waals surface area contributed by atoms with E-state index in [0.717, 1.165) is 36.4 Å². The van der Waals surface area contributed by atoms with Crippen molar-refractivity contribution in [2.45, 2.75) is 51.5 Å². The standard InChI is InChI=1S/C11H22N2O4S/c1-2-3-6-9-17-11(14)10-7-4-5-8-13(10)18(12,15)16/h10H,2-9H2,1H3,(H2,12,15,16)/t10-/m0/s1. The Hall–Kier alpha value is -0.660. The van der Waals surface area contributed by atoms with Crippen molar-refractivity contribution in [1.82, 2.24) is 4.31 Å². The van der Waals surface area contributed by atoms with E-state index in [-0.39, 0.29) is 0 Å². The highest BCUT2D eigenvalue weighted by Gasteiger charge is 2.35. The van der Waals surface area contributed by atoms with Gasteiger partial charge in [0.15, 0.2) is 0 Å². The third kappa shape index (κ3) is 4.55. The number of carbonyl (C=O) groups is 1. The number of carbonyl (C=O) groups excluding carboxylic acids is 1. The van der Waals surface area contributed by atoms with Crippen LogP contribution in [0.3, 0.4) is 0 Å². The van der Waals surface area contributed by atoms with Crippen LogP contribution in [0.5, 0.6) is 0 Å². The maximum atomic E-state index is 11.8. The number of esters is 1. The van der Waals surface area contributed by atoms with Gasteiger partial charge in [-0.2, -0.15) is 12.7 Å². The molecule has 1 aliphatic heterocycles. The molecule has 0 spiro atoms. The molecule has 0 radical (unpaired) electrons. The molecule has 7 heteroatoms. The molecule has 0 unspecified atom stereocenters. The monoisotopic (exact) mass is 278 g/mol. The van der Waals surface area contributed by atoms with Crippen molar-refractivity contribution in [3.05, 3.63) is 0 Å². The van der Waals surface area contributed by atoms with Crippen LogP contribution in [-0.2, 0) is 19.7 Å². The first-order valence-corrected chi connectivity index (χ1v) is 7.93. The number of ether oxygens (including phenoxy) is 1. The Morgan fingerprint density at radius 1 is 1.39 bits per heavy atom. The van der Waals surface area contributed by atoms with E-state index in [1.165, 1.54) is 0 Å². The van der Waals surface area contributed by atoms with Gasteiger partial charge < -0.3 is 4.74 Å². The molecule has 1 fully saturated rings. The van der Waals surface area contributed by atoms with E-state index < -0.39 is 22.2 Å². The second kappa shape index (κ2) is 7.06. The Kier molecular flexibility index (Phi) is 6.04. The zero-order valence-corrected chi connectivity index (χ0v) is 11.6. The van der Waals surface area contributed by atoms with Gasteiger partial charge in [0.25, 0.3) is 10.2 Å². The molecular formula is C11H22N2O4S. The lowest BCUT2D eigenvalue weighted by Crippen LogP contribution is -2.51. The molecule has 0 aliphatic carbocycles. The summed E-state index contributed by atoms with van der Waals surface area (Å²) < 4.78 is 28.9. The molecule has 6 nitrogen and oxygen atoms in total. The molecule has 2 N–H and O–H groups in total. The molecule has 0 amide bonds. The van der Waals surface area contributed by atoms with E-state index in [9.17, 15) is 13.2 Å². The summed E-state index contributed by atoms with van der Waals surface area (Å²) in [7, 11) is -3.82. The molecule has 0 saturated carbocycles. The molecular weight excluding hydrogens is 256 g/mol. The summed E-state index contributed by atoms with van der Waals surface area (Å²) in [6.07, 6.45) is 4.89. The highest BCUT2D eigenvalue weighted by Crippen LogP contribution is 2.20. The summed E-state index contributed by atoms with van der Waals surface area (Å²) in [5.41, 5.74) is 0. The summed E-state index contributed by atoms with van der Waals surface area (Å²) in [5, 5.41) is 5.11. The topological polar surface area (TPSA) is 89.7 Å². The lowest BCUT2D eigenvalue weighted by Gasteiger charge is -2.31. The van der Waals surface area contributed by atoms with Gasteiger partial charge in [0.2, 0.25) is 0 Å². The zero-order chi connectivity index (χ0) is 13.6. The molecule has 1 aliphatic rings. The van der Waals surface area contributed by atoms with E-state index >= 15 is 0 Å². The van der Waals surface area contributed by atoms with Crippen molar-refractivity contribution in [2.24, 2.45) is 5.14 Å². The first-order chi connectivity index (χ1) is 8.46. The van der Waals surface area contributed by atoms with Gasteiger partial charge in [0, 0.05) is 6.54 Å². The lowest BCUT2D eigenvalue weighted by molar-refractivity contribution is -0.149. The van der Waals surface area contributed by atoms with Gasteiger partial charge in [0.05, 0.1) is 6.61 Å². The SMILES string of the molecule is CCCCCOC(=O)[C@@H]1CCCCN1S(N)(=O)=O. The number of rotatable bonds is 6. The zero-order valence-electron chi connectivity index (χ0n) is 10.8. The third-order valence-electron chi connectivity index (χ3n) is 3.04. The van der Waals surface area contributed by atoms with E-state index in [1.54, 1.807) is 0 Å². The Morgan fingerprint density at radius 2 is 2.11 bits per heavy atom. The fourth-order valence-electron chi connectivity index (χ4n) is 2.07. The largest absolute Gasteiger partial charge is 0.464 e. The Bertz CT molecular complexity index is 369. The van der Waals surface area contributed by atoms with Crippen molar-refractivity contribution in [3.8, 4) is 0 Å². The van der Waals surface area contributed by atoms with Gasteiger partial charge in [-0.05, 0) is 25.7 Å². The number of piperidine rings is 1. The number of unbranched alkanes of at least 4 members (excludes halogenated alkanes) is 2. The van der Waals surface area contributed by atoms with Crippen molar-refractivity contribution >= 4 is 16.2 Å². The van der Waals surface area contributed by atoms with E-state index in [4.69, 9.17) is 9.88 Å². The predicted molar refractivity (Wildman–Crippen MR) is 67.9 cm³/mol. The van der Waals surface area contributed by atoms with Crippen LogP contribution in [0.15, 0.2) is 0 Å². The molecule has 0 aromatic rings. The van der Waals surface area contributed by atoms with Crippen molar-refractivity contribution in [1.29, 1.82) is 0 Å². The third-order valence-corrected chi connectivity index (χ3v) is 4.14. The summed E-state index contributed by atoms with van der Waals surface area (Å²) in [6.45, 7) is 2.71. The molecule has 1 saturated heterocycles. The first-order valence-electron chi connectivity index (χ1n) is 6.43. The smallest absolute Gasteiger partial charge is 0.324 e. The van der Waals surface area contributed by atoms with Crippen LogP contribution >= 0.6 is 0 Å². The number of hydrogen-bond acceptors (Lipinski definition) is 4. The average molecular weight is 278 g/mol. The molecule has 0 aromatic carbocycles.